The Bertz CT molecular complexity index is 575. The van der Waals surface area contributed by atoms with Crippen LogP contribution < -0.4 is 0 Å². The number of hydrogen-bond donors (Lipinski definition) is 0. The molecule has 4 heteroatoms. The molecule has 2 heterocycles. The van der Waals surface area contributed by atoms with E-state index in [0.717, 1.165) is 69.8 Å². The normalized spacial score (nSPS) is 22.1. The number of benzene rings is 1. The van der Waals surface area contributed by atoms with Crippen molar-refractivity contribution in [2.45, 2.75) is 52.0 Å². The molecule has 0 aliphatic carbocycles. The van der Waals surface area contributed by atoms with Crippen LogP contribution in [0.4, 0.5) is 4.39 Å². The molecule has 0 N–H and O–H groups in total. The Hall–Kier alpha value is -1.42. The van der Waals surface area contributed by atoms with Crippen molar-refractivity contribution in [3.8, 4) is 0 Å². The van der Waals surface area contributed by atoms with Crippen molar-refractivity contribution < 1.29 is 9.18 Å². The van der Waals surface area contributed by atoms with Gasteiger partial charge in [-0.1, -0.05) is 19.1 Å². The Morgan fingerprint density at radius 2 is 1.84 bits per heavy atom. The highest BCUT2D eigenvalue weighted by Crippen LogP contribution is 2.24. The van der Waals surface area contributed by atoms with Gasteiger partial charge in [0.05, 0.1) is 6.04 Å². The van der Waals surface area contributed by atoms with Crippen molar-refractivity contribution >= 4 is 5.91 Å². The van der Waals surface area contributed by atoms with Crippen LogP contribution in [0.15, 0.2) is 24.3 Å². The van der Waals surface area contributed by atoms with Crippen molar-refractivity contribution in [1.82, 2.24) is 9.80 Å². The minimum Gasteiger partial charge on any atom is -0.341 e. The molecule has 2 fully saturated rings. The maximum Gasteiger partial charge on any atom is 0.239 e. The van der Waals surface area contributed by atoms with Crippen molar-refractivity contribution in [2.24, 2.45) is 11.8 Å². The average molecular weight is 346 g/mol. The summed E-state index contributed by atoms with van der Waals surface area (Å²) in [6.07, 6.45) is 5.39. The summed E-state index contributed by atoms with van der Waals surface area (Å²) in [5.74, 6) is 1.49. The molecule has 3 rings (SSSR count). The SMILES string of the molecule is CC1CCN(C(=O)[C@H](C)N2CCC(Cc3cccc(F)c3)CC2)CC1. The summed E-state index contributed by atoms with van der Waals surface area (Å²) in [7, 11) is 0. The van der Waals surface area contributed by atoms with Gasteiger partial charge in [0.15, 0.2) is 0 Å². The lowest BCUT2D eigenvalue weighted by atomic mass is 9.89. The number of rotatable bonds is 4. The second-order valence-corrected chi connectivity index (χ2v) is 8.00. The molecular weight excluding hydrogens is 315 g/mol. The van der Waals surface area contributed by atoms with Crippen molar-refractivity contribution in [2.75, 3.05) is 26.2 Å². The highest BCUT2D eigenvalue weighted by Gasteiger charge is 2.30. The Balaban J connectivity index is 1.47. The van der Waals surface area contributed by atoms with Crippen LogP contribution in [0.2, 0.25) is 0 Å². The maximum absolute atomic E-state index is 13.3. The molecule has 0 saturated carbocycles. The zero-order chi connectivity index (χ0) is 17.8. The Kier molecular flexibility index (Phi) is 6.10. The average Bonchev–Trinajstić information content (AvgIpc) is 2.62. The van der Waals surface area contributed by atoms with E-state index in [-0.39, 0.29) is 11.9 Å². The molecule has 138 valence electrons. The predicted octanol–water partition coefficient (Wildman–Crippen LogP) is 3.73. The molecule has 0 unspecified atom stereocenters. The molecule has 3 nitrogen and oxygen atoms in total. The second kappa shape index (κ2) is 8.31. The number of halogens is 1. The summed E-state index contributed by atoms with van der Waals surface area (Å²) in [5, 5.41) is 0. The van der Waals surface area contributed by atoms with E-state index in [4.69, 9.17) is 0 Å². The van der Waals surface area contributed by atoms with Crippen LogP contribution in [0.5, 0.6) is 0 Å². The van der Waals surface area contributed by atoms with Gasteiger partial charge in [0, 0.05) is 13.1 Å². The van der Waals surface area contributed by atoms with Gasteiger partial charge >= 0.3 is 0 Å². The van der Waals surface area contributed by atoms with E-state index in [1.165, 1.54) is 6.07 Å². The first-order valence-electron chi connectivity index (χ1n) is 9.80. The van der Waals surface area contributed by atoms with E-state index in [9.17, 15) is 9.18 Å². The van der Waals surface area contributed by atoms with Gasteiger partial charge < -0.3 is 4.90 Å². The summed E-state index contributed by atoms with van der Waals surface area (Å²) in [4.78, 5) is 17.2. The highest BCUT2D eigenvalue weighted by atomic mass is 19.1. The predicted molar refractivity (Wildman–Crippen MR) is 98.8 cm³/mol. The van der Waals surface area contributed by atoms with Gasteiger partial charge in [0.2, 0.25) is 5.91 Å². The van der Waals surface area contributed by atoms with E-state index in [1.54, 1.807) is 12.1 Å². The fourth-order valence-electron chi connectivity index (χ4n) is 4.19. The number of carbonyl (C=O) groups is 1. The summed E-state index contributed by atoms with van der Waals surface area (Å²) in [5.41, 5.74) is 1.09. The lowest BCUT2D eigenvalue weighted by Gasteiger charge is -2.39. The van der Waals surface area contributed by atoms with Gasteiger partial charge in [-0.3, -0.25) is 9.69 Å². The summed E-state index contributed by atoms with van der Waals surface area (Å²) < 4.78 is 13.3. The largest absolute Gasteiger partial charge is 0.341 e. The van der Waals surface area contributed by atoms with E-state index >= 15 is 0 Å². The molecule has 1 atom stereocenters. The molecule has 1 amide bonds. The minimum atomic E-state index is -0.148. The molecule has 2 saturated heterocycles. The fraction of sp³-hybridized carbons (Fsp3) is 0.667. The van der Waals surface area contributed by atoms with Crippen LogP contribution in [-0.2, 0) is 11.2 Å². The standard InChI is InChI=1S/C21H31FN2O/c1-16-6-10-24(11-7-16)21(25)17(2)23-12-8-18(9-13-23)14-19-4-3-5-20(22)15-19/h3-5,15-18H,6-14H2,1-2H3/t17-/m0/s1. The smallest absolute Gasteiger partial charge is 0.239 e. The van der Waals surface area contributed by atoms with E-state index in [0.29, 0.717) is 11.8 Å². The Labute approximate surface area is 151 Å². The van der Waals surface area contributed by atoms with Crippen LogP contribution >= 0.6 is 0 Å². The number of amides is 1. The Morgan fingerprint density at radius 3 is 2.48 bits per heavy atom. The molecule has 2 aliphatic rings. The summed E-state index contributed by atoms with van der Waals surface area (Å²) in [6.45, 7) is 8.11. The van der Waals surface area contributed by atoms with Crippen molar-refractivity contribution in [1.29, 1.82) is 0 Å². The first-order valence-corrected chi connectivity index (χ1v) is 9.80. The van der Waals surface area contributed by atoms with Gasteiger partial charge in [-0.2, -0.15) is 0 Å². The van der Waals surface area contributed by atoms with Gasteiger partial charge in [-0.25, -0.2) is 4.39 Å². The van der Waals surface area contributed by atoms with E-state index in [1.807, 2.05) is 6.07 Å². The quantitative estimate of drug-likeness (QED) is 0.829. The molecule has 1 aromatic carbocycles. The molecule has 25 heavy (non-hydrogen) atoms. The number of piperidine rings is 2. The maximum atomic E-state index is 13.3. The van der Waals surface area contributed by atoms with Crippen LogP contribution in [0, 0.1) is 17.7 Å². The second-order valence-electron chi connectivity index (χ2n) is 8.00. The van der Waals surface area contributed by atoms with Gasteiger partial charge in [-0.05, 0) is 81.6 Å². The zero-order valence-corrected chi connectivity index (χ0v) is 15.6. The first-order chi connectivity index (χ1) is 12.0. The van der Waals surface area contributed by atoms with Crippen molar-refractivity contribution in [3.05, 3.63) is 35.6 Å². The molecule has 0 bridgehead atoms. The zero-order valence-electron chi connectivity index (χ0n) is 15.6. The monoisotopic (exact) mass is 346 g/mol. The van der Waals surface area contributed by atoms with E-state index < -0.39 is 0 Å². The molecule has 0 aromatic heterocycles. The molecule has 0 radical (unpaired) electrons. The summed E-state index contributed by atoms with van der Waals surface area (Å²) >= 11 is 0. The number of likely N-dealkylation sites (tertiary alicyclic amines) is 2. The highest BCUT2D eigenvalue weighted by molar-refractivity contribution is 5.81. The topological polar surface area (TPSA) is 23.6 Å². The molecule has 1 aromatic rings. The number of hydrogen-bond acceptors (Lipinski definition) is 2. The minimum absolute atomic E-state index is 0.0106. The molecule has 0 spiro atoms. The lowest BCUT2D eigenvalue weighted by molar-refractivity contribution is -0.138. The number of carbonyl (C=O) groups excluding carboxylic acids is 1. The Morgan fingerprint density at radius 1 is 1.16 bits per heavy atom. The lowest BCUT2D eigenvalue weighted by Crippen LogP contribution is -2.51. The van der Waals surface area contributed by atoms with Gasteiger partial charge in [0.1, 0.15) is 5.82 Å². The third-order valence-corrected chi connectivity index (χ3v) is 6.06. The first kappa shape index (κ1) is 18.4. The number of nitrogens with zero attached hydrogens (tertiary/aromatic N) is 2. The van der Waals surface area contributed by atoms with Crippen LogP contribution in [-0.4, -0.2) is 47.9 Å². The van der Waals surface area contributed by atoms with Crippen LogP contribution in [0.3, 0.4) is 0 Å². The third-order valence-electron chi connectivity index (χ3n) is 6.06. The van der Waals surface area contributed by atoms with Crippen LogP contribution in [0.1, 0.15) is 45.1 Å². The molecular formula is C21H31FN2O. The summed E-state index contributed by atoms with van der Waals surface area (Å²) in [6, 6.07) is 6.94. The third kappa shape index (κ3) is 4.81. The van der Waals surface area contributed by atoms with Gasteiger partial charge in [0.25, 0.3) is 0 Å². The van der Waals surface area contributed by atoms with Gasteiger partial charge in [-0.15, -0.1) is 0 Å². The van der Waals surface area contributed by atoms with Crippen LogP contribution in [0.25, 0.3) is 0 Å². The fourth-order valence-corrected chi connectivity index (χ4v) is 4.19. The molecule has 2 aliphatic heterocycles. The van der Waals surface area contributed by atoms with Crippen molar-refractivity contribution in [3.63, 3.8) is 0 Å². The van der Waals surface area contributed by atoms with E-state index in [2.05, 4.69) is 23.6 Å².